The first-order valence-electron chi connectivity index (χ1n) is 6.17. The van der Waals surface area contributed by atoms with Crippen LogP contribution < -0.4 is 5.32 Å². The van der Waals surface area contributed by atoms with Crippen LogP contribution in [-0.4, -0.2) is 35.2 Å². The van der Waals surface area contributed by atoms with Crippen molar-refractivity contribution in [3.8, 4) is 0 Å². The summed E-state index contributed by atoms with van der Waals surface area (Å²) in [6, 6.07) is 4.00. The summed E-state index contributed by atoms with van der Waals surface area (Å²) in [6.07, 6.45) is 0.191. The third-order valence-corrected chi connectivity index (χ3v) is 3.69. The minimum absolute atomic E-state index is 0.0369. The minimum Gasteiger partial charge on any atom is -0.391 e. The number of urea groups is 1. The van der Waals surface area contributed by atoms with Gasteiger partial charge in [0, 0.05) is 13.1 Å². The molecule has 0 saturated carbocycles. The monoisotopic (exact) mass is 286 g/mol. The number of carbonyl (C=O) groups is 1. The van der Waals surface area contributed by atoms with E-state index < -0.39 is 18.0 Å². The molecule has 1 aromatic carbocycles. The predicted octanol–water partition coefficient (Wildman–Crippen LogP) is 2.71. The van der Waals surface area contributed by atoms with Crippen LogP contribution in [-0.2, 0) is 0 Å². The van der Waals surface area contributed by atoms with Crippen LogP contribution in [0.4, 0.5) is 14.9 Å². The van der Waals surface area contributed by atoms with E-state index in [1.165, 1.54) is 17.0 Å². The fraction of sp³-hybridized carbons (Fsp3) is 0.462. The molecule has 0 aromatic heterocycles. The van der Waals surface area contributed by atoms with Crippen LogP contribution in [0, 0.1) is 11.7 Å². The van der Waals surface area contributed by atoms with Gasteiger partial charge in [0.1, 0.15) is 0 Å². The fourth-order valence-corrected chi connectivity index (χ4v) is 2.20. The van der Waals surface area contributed by atoms with Gasteiger partial charge in [-0.1, -0.05) is 24.6 Å². The van der Waals surface area contributed by atoms with E-state index in [-0.39, 0.29) is 23.2 Å². The molecule has 0 aliphatic carbocycles. The van der Waals surface area contributed by atoms with Crippen LogP contribution in [0.5, 0.6) is 0 Å². The lowest BCUT2D eigenvalue weighted by molar-refractivity contribution is 0.0463. The Hall–Kier alpha value is -1.33. The van der Waals surface area contributed by atoms with Gasteiger partial charge in [-0.15, -0.1) is 0 Å². The van der Waals surface area contributed by atoms with E-state index >= 15 is 0 Å². The third-order valence-electron chi connectivity index (χ3n) is 3.40. The van der Waals surface area contributed by atoms with Gasteiger partial charge in [0.15, 0.2) is 5.82 Å². The number of β-amino-alcohol motifs (C(OH)–C–C–N with tert-alkyl or cyclic N) is 1. The molecule has 2 amide bonds. The van der Waals surface area contributed by atoms with E-state index in [0.29, 0.717) is 6.54 Å². The Balaban J connectivity index is 2.03. The highest BCUT2D eigenvalue weighted by atomic mass is 35.5. The van der Waals surface area contributed by atoms with Gasteiger partial charge in [-0.05, 0) is 24.5 Å². The number of hydrogen-bond donors (Lipinski definition) is 2. The zero-order chi connectivity index (χ0) is 14.0. The molecule has 2 rings (SSSR count). The van der Waals surface area contributed by atoms with E-state index in [9.17, 15) is 14.3 Å². The molecule has 104 valence electrons. The third kappa shape index (κ3) is 3.16. The number of carbonyl (C=O) groups excluding carboxylic acids is 1. The lowest BCUT2D eigenvalue weighted by Gasteiger charge is -2.34. The van der Waals surface area contributed by atoms with Crippen molar-refractivity contribution in [2.75, 3.05) is 18.4 Å². The highest BCUT2D eigenvalue weighted by molar-refractivity contribution is 6.31. The van der Waals surface area contributed by atoms with E-state index in [4.69, 9.17) is 11.6 Å². The van der Waals surface area contributed by atoms with Crippen LogP contribution in [0.15, 0.2) is 18.2 Å². The Morgan fingerprint density at radius 1 is 1.58 bits per heavy atom. The van der Waals surface area contributed by atoms with Gasteiger partial charge in [0.25, 0.3) is 0 Å². The topological polar surface area (TPSA) is 52.6 Å². The lowest BCUT2D eigenvalue weighted by atomic mass is 9.96. The molecule has 1 aromatic rings. The number of benzene rings is 1. The standard InChI is InChI=1S/C13H16ClFN2O2/c1-8-5-6-17(7-11(8)18)13(19)16-10-4-2-3-9(14)12(10)15/h2-4,8,11,18H,5-7H2,1H3,(H,16,19). The van der Waals surface area contributed by atoms with Crippen LogP contribution in [0.3, 0.4) is 0 Å². The molecule has 1 aliphatic rings. The summed E-state index contributed by atoms with van der Waals surface area (Å²) in [5.41, 5.74) is 0.0469. The summed E-state index contributed by atoms with van der Waals surface area (Å²) in [5.74, 6) is -0.476. The molecular weight excluding hydrogens is 271 g/mol. The smallest absolute Gasteiger partial charge is 0.322 e. The molecule has 0 spiro atoms. The van der Waals surface area contributed by atoms with Crippen LogP contribution in [0.1, 0.15) is 13.3 Å². The number of halogens is 2. The maximum atomic E-state index is 13.7. The first kappa shape index (κ1) is 14.1. The number of piperidine rings is 1. The van der Waals surface area contributed by atoms with Crippen molar-refractivity contribution in [2.45, 2.75) is 19.4 Å². The zero-order valence-corrected chi connectivity index (χ0v) is 11.3. The average Bonchev–Trinajstić information content (AvgIpc) is 2.38. The molecule has 1 fully saturated rings. The van der Waals surface area contributed by atoms with Crippen LogP contribution in [0.2, 0.25) is 5.02 Å². The number of aliphatic hydroxyl groups excluding tert-OH is 1. The molecule has 4 nitrogen and oxygen atoms in total. The Labute approximate surface area is 116 Å². The van der Waals surface area contributed by atoms with E-state index in [1.54, 1.807) is 6.07 Å². The maximum absolute atomic E-state index is 13.7. The van der Waals surface area contributed by atoms with Crippen molar-refractivity contribution in [1.82, 2.24) is 4.90 Å². The summed E-state index contributed by atoms with van der Waals surface area (Å²) >= 11 is 5.65. The number of nitrogens with zero attached hydrogens (tertiary/aromatic N) is 1. The van der Waals surface area contributed by atoms with Crippen molar-refractivity contribution in [2.24, 2.45) is 5.92 Å². The highest BCUT2D eigenvalue weighted by Gasteiger charge is 2.27. The molecule has 1 saturated heterocycles. The van der Waals surface area contributed by atoms with Gasteiger partial charge < -0.3 is 15.3 Å². The number of amides is 2. The minimum atomic E-state index is -0.650. The number of hydrogen-bond acceptors (Lipinski definition) is 2. The molecule has 1 heterocycles. The van der Waals surface area contributed by atoms with Gasteiger partial charge in [0.2, 0.25) is 0 Å². The van der Waals surface area contributed by atoms with Crippen molar-refractivity contribution >= 4 is 23.3 Å². The Kier molecular flexibility index (Phi) is 4.27. The van der Waals surface area contributed by atoms with Crippen molar-refractivity contribution in [3.05, 3.63) is 29.0 Å². The molecular formula is C13H16ClFN2O2. The summed E-state index contributed by atoms with van der Waals surface area (Å²) in [7, 11) is 0. The van der Waals surface area contributed by atoms with Crippen molar-refractivity contribution in [3.63, 3.8) is 0 Å². The molecule has 19 heavy (non-hydrogen) atoms. The van der Waals surface area contributed by atoms with Gasteiger partial charge in [0.05, 0.1) is 16.8 Å². The normalized spacial score (nSPS) is 23.3. The summed E-state index contributed by atoms with van der Waals surface area (Å²) < 4.78 is 13.7. The second kappa shape index (κ2) is 5.75. The van der Waals surface area contributed by atoms with Crippen molar-refractivity contribution in [1.29, 1.82) is 0 Å². The highest BCUT2D eigenvalue weighted by Crippen LogP contribution is 2.23. The largest absolute Gasteiger partial charge is 0.391 e. The van der Waals surface area contributed by atoms with Gasteiger partial charge >= 0.3 is 6.03 Å². The second-order valence-corrected chi connectivity index (χ2v) is 5.22. The Morgan fingerprint density at radius 2 is 2.32 bits per heavy atom. The molecule has 0 bridgehead atoms. The molecule has 6 heteroatoms. The molecule has 2 unspecified atom stereocenters. The number of rotatable bonds is 1. The summed E-state index contributed by atoms with van der Waals surface area (Å²) in [5, 5.41) is 12.2. The molecule has 2 N–H and O–H groups in total. The Bertz CT molecular complexity index is 484. The quantitative estimate of drug-likeness (QED) is 0.834. The number of nitrogens with one attached hydrogen (secondary N) is 1. The van der Waals surface area contributed by atoms with Crippen LogP contribution in [0.25, 0.3) is 0 Å². The lowest BCUT2D eigenvalue weighted by Crippen LogP contribution is -2.47. The maximum Gasteiger partial charge on any atom is 0.322 e. The molecule has 0 radical (unpaired) electrons. The van der Waals surface area contributed by atoms with E-state index in [1.807, 2.05) is 6.92 Å². The van der Waals surface area contributed by atoms with E-state index in [0.717, 1.165) is 6.42 Å². The fourth-order valence-electron chi connectivity index (χ4n) is 2.03. The summed E-state index contributed by atoms with van der Waals surface area (Å²) in [6.45, 7) is 2.75. The second-order valence-electron chi connectivity index (χ2n) is 4.81. The van der Waals surface area contributed by atoms with Crippen molar-refractivity contribution < 1.29 is 14.3 Å². The summed E-state index contributed by atoms with van der Waals surface area (Å²) in [4.78, 5) is 13.5. The number of anilines is 1. The first-order valence-corrected chi connectivity index (χ1v) is 6.55. The Morgan fingerprint density at radius 3 is 3.00 bits per heavy atom. The molecule has 1 aliphatic heterocycles. The van der Waals surface area contributed by atoms with Gasteiger partial charge in [-0.2, -0.15) is 0 Å². The molecule has 2 atom stereocenters. The van der Waals surface area contributed by atoms with Gasteiger partial charge in [-0.25, -0.2) is 9.18 Å². The average molecular weight is 287 g/mol. The van der Waals surface area contributed by atoms with E-state index in [2.05, 4.69) is 5.32 Å². The van der Waals surface area contributed by atoms with Gasteiger partial charge in [-0.3, -0.25) is 0 Å². The van der Waals surface area contributed by atoms with Crippen LogP contribution >= 0.6 is 11.6 Å². The number of likely N-dealkylation sites (tertiary alicyclic amines) is 1. The first-order chi connectivity index (χ1) is 8.99. The zero-order valence-electron chi connectivity index (χ0n) is 10.6. The number of aliphatic hydroxyl groups is 1. The predicted molar refractivity (Wildman–Crippen MR) is 71.8 cm³/mol. The SMILES string of the molecule is CC1CCN(C(=O)Nc2cccc(Cl)c2F)CC1O.